The molecule has 0 aliphatic heterocycles. The maximum atomic E-state index is 12.1. The van der Waals surface area contributed by atoms with Crippen molar-refractivity contribution >= 4 is 23.4 Å². The first-order valence-corrected chi connectivity index (χ1v) is 7.52. The molecule has 1 aromatic heterocycles. The third-order valence-electron chi connectivity index (χ3n) is 3.25. The Labute approximate surface area is 145 Å². The van der Waals surface area contributed by atoms with Crippen molar-refractivity contribution < 1.29 is 20.9 Å². The Bertz CT molecular complexity index is 817. The predicted molar refractivity (Wildman–Crippen MR) is 91.6 cm³/mol. The quantitative estimate of drug-likeness (QED) is 0.489. The van der Waals surface area contributed by atoms with E-state index in [-0.39, 0.29) is 37.9 Å². The summed E-state index contributed by atoms with van der Waals surface area (Å²) in [5.41, 5.74) is 1.39. The molecule has 5 nitrogen and oxygen atoms in total. The van der Waals surface area contributed by atoms with Crippen LogP contribution in [0.4, 0.5) is 0 Å². The van der Waals surface area contributed by atoms with E-state index in [1.54, 1.807) is 24.3 Å². The summed E-state index contributed by atoms with van der Waals surface area (Å²) in [7, 11) is 0. The molecule has 0 bridgehead atoms. The number of nitrogens with zero attached hydrogens (tertiary/aromatic N) is 1. The van der Waals surface area contributed by atoms with Crippen molar-refractivity contribution in [2.24, 2.45) is 0 Å². The zero-order valence-corrected chi connectivity index (χ0v) is 13.4. The average molecular weight is 346 g/mol. The number of aromatic nitrogens is 1. The second kappa shape index (κ2) is 8.14. The molecule has 0 saturated heterocycles. The number of halogens is 1. The Kier molecular flexibility index (Phi) is 5.94. The predicted octanol–water partition coefficient (Wildman–Crippen LogP) is 3.84. The SMILES string of the molecule is C#COC(=O)CCCC(=O)c1ncc(-c2cccc(Cl)c2)cc1O.[HH]. The average Bonchev–Trinajstić information content (AvgIpc) is 2.55. The number of esters is 1. The number of carbonyl (C=O) groups excluding carboxylic acids is 2. The molecule has 1 N–H and O–H groups in total. The lowest BCUT2D eigenvalue weighted by atomic mass is 10.0. The van der Waals surface area contributed by atoms with E-state index >= 15 is 0 Å². The highest BCUT2D eigenvalue weighted by atomic mass is 35.5. The third-order valence-corrected chi connectivity index (χ3v) is 3.48. The summed E-state index contributed by atoms with van der Waals surface area (Å²) < 4.78 is 4.33. The van der Waals surface area contributed by atoms with Gasteiger partial charge in [-0.3, -0.25) is 9.59 Å². The van der Waals surface area contributed by atoms with Gasteiger partial charge in [0.15, 0.2) is 5.78 Å². The van der Waals surface area contributed by atoms with Crippen LogP contribution >= 0.6 is 11.6 Å². The van der Waals surface area contributed by atoms with E-state index < -0.39 is 5.97 Å². The molecule has 1 heterocycles. The van der Waals surface area contributed by atoms with Gasteiger partial charge in [0.05, 0.1) is 0 Å². The number of terminal acetylenes is 1. The highest BCUT2D eigenvalue weighted by molar-refractivity contribution is 6.30. The summed E-state index contributed by atoms with van der Waals surface area (Å²) in [6.45, 7) is 0. The van der Waals surface area contributed by atoms with Crippen molar-refractivity contribution in [3.63, 3.8) is 0 Å². The molecule has 2 rings (SSSR count). The van der Waals surface area contributed by atoms with Gasteiger partial charge in [0.1, 0.15) is 17.5 Å². The molecule has 0 aliphatic carbocycles. The molecule has 0 fully saturated rings. The first-order chi connectivity index (χ1) is 11.5. The van der Waals surface area contributed by atoms with Gasteiger partial charge < -0.3 is 9.84 Å². The zero-order valence-electron chi connectivity index (χ0n) is 12.7. The maximum absolute atomic E-state index is 12.1. The topological polar surface area (TPSA) is 76.5 Å². The van der Waals surface area contributed by atoms with Gasteiger partial charge in [-0.15, -0.1) is 0 Å². The van der Waals surface area contributed by atoms with Crippen LogP contribution in [0.15, 0.2) is 36.5 Å². The normalized spacial score (nSPS) is 10.0. The Hall–Kier alpha value is -2.84. The molecule has 0 saturated carbocycles. The van der Waals surface area contributed by atoms with Crippen molar-refractivity contribution in [3.05, 3.63) is 47.2 Å². The van der Waals surface area contributed by atoms with Gasteiger partial charge in [-0.25, -0.2) is 4.98 Å². The maximum Gasteiger partial charge on any atom is 0.319 e. The van der Waals surface area contributed by atoms with E-state index in [9.17, 15) is 14.7 Å². The van der Waals surface area contributed by atoms with Gasteiger partial charge in [0.25, 0.3) is 0 Å². The number of ether oxygens (including phenoxy) is 1. The fourth-order valence-corrected chi connectivity index (χ4v) is 2.31. The lowest BCUT2D eigenvalue weighted by Crippen LogP contribution is -2.05. The van der Waals surface area contributed by atoms with Gasteiger partial charge >= 0.3 is 5.97 Å². The summed E-state index contributed by atoms with van der Waals surface area (Å²) in [6, 6.07) is 8.53. The molecule has 0 amide bonds. The van der Waals surface area contributed by atoms with Gasteiger partial charge in [0, 0.05) is 31.1 Å². The van der Waals surface area contributed by atoms with Crippen LogP contribution in [0, 0.1) is 12.5 Å². The van der Waals surface area contributed by atoms with Gasteiger partial charge in [0.2, 0.25) is 0 Å². The molecule has 0 radical (unpaired) electrons. The van der Waals surface area contributed by atoms with Gasteiger partial charge in [-0.1, -0.05) is 30.2 Å². The second-order valence-electron chi connectivity index (χ2n) is 4.97. The van der Waals surface area contributed by atoms with Crippen LogP contribution < -0.4 is 0 Å². The number of ketones is 1. The monoisotopic (exact) mass is 345 g/mol. The molecular weight excluding hydrogens is 330 g/mol. The van der Waals surface area contributed by atoms with Crippen LogP contribution in [0.3, 0.4) is 0 Å². The molecule has 0 aliphatic rings. The van der Waals surface area contributed by atoms with Crippen molar-refractivity contribution in [1.82, 2.24) is 4.98 Å². The highest BCUT2D eigenvalue weighted by Crippen LogP contribution is 2.27. The number of carbonyl (C=O) groups is 2. The van der Waals surface area contributed by atoms with E-state index in [0.29, 0.717) is 10.6 Å². The molecule has 1 aromatic carbocycles. The Morgan fingerprint density at radius 2 is 2.08 bits per heavy atom. The van der Waals surface area contributed by atoms with Crippen molar-refractivity contribution in [1.29, 1.82) is 0 Å². The van der Waals surface area contributed by atoms with E-state index in [1.165, 1.54) is 12.3 Å². The summed E-state index contributed by atoms with van der Waals surface area (Å²) >= 11 is 5.93. The number of pyridine rings is 1. The molecular formula is C18H16ClNO4. The zero-order chi connectivity index (χ0) is 17.5. The summed E-state index contributed by atoms with van der Waals surface area (Å²) in [5.74, 6) is -1.15. The number of Topliss-reactive ketones (excluding diaryl/α,β-unsaturated/α-hetero) is 1. The van der Waals surface area contributed by atoms with E-state index in [4.69, 9.17) is 18.0 Å². The van der Waals surface area contributed by atoms with Gasteiger partial charge in [-0.2, -0.15) is 0 Å². The minimum Gasteiger partial charge on any atom is -0.506 e. The Balaban J connectivity index is 0.00000312. The summed E-state index contributed by atoms with van der Waals surface area (Å²) in [5, 5.41) is 10.6. The van der Waals surface area contributed by atoms with Crippen LogP contribution in [0.5, 0.6) is 5.75 Å². The number of rotatable bonds is 6. The standard InChI is InChI=1S/C18H14ClNO4.H2/c1-2-24-17(23)8-4-7-15(21)18-16(22)10-13(11-20-18)12-5-3-6-14(19)9-12;/h1,3,5-6,9-11,22H,4,7-8H2;1H. The molecule has 6 heteroatoms. The highest BCUT2D eigenvalue weighted by Gasteiger charge is 2.15. The smallest absolute Gasteiger partial charge is 0.319 e. The number of benzene rings is 1. The molecule has 0 spiro atoms. The lowest BCUT2D eigenvalue weighted by Gasteiger charge is -2.06. The molecule has 124 valence electrons. The minimum absolute atomic E-state index is 0. The molecule has 24 heavy (non-hydrogen) atoms. The second-order valence-corrected chi connectivity index (χ2v) is 5.41. The van der Waals surface area contributed by atoms with Crippen molar-refractivity contribution in [2.75, 3.05) is 0 Å². The first kappa shape index (κ1) is 17.5. The van der Waals surface area contributed by atoms with Crippen molar-refractivity contribution in [3.8, 4) is 29.4 Å². The number of hydrogen-bond donors (Lipinski definition) is 1. The van der Waals surface area contributed by atoms with E-state index in [1.807, 2.05) is 6.07 Å². The minimum atomic E-state index is -0.571. The number of aromatic hydroxyl groups is 1. The summed E-state index contributed by atoms with van der Waals surface area (Å²) in [4.78, 5) is 27.2. The molecule has 0 unspecified atom stereocenters. The number of hydrogen-bond acceptors (Lipinski definition) is 5. The fraction of sp³-hybridized carbons (Fsp3) is 0.167. The Morgan fingerprint density at radius 1 is 1.29 bits per heavy atom. The summed E-state index contributed by atoms with van der Waals surface area (Å²) in [6.07, 6.45) is 8.44. The fourth-order valence-electron chi connectivity index (χ4n) is 2.12. The van der Waals surface area contributed by atoms with E-state index in [0.717, 1.165) is 5.56 Å². The van der Waals surface area contributed by atoms with Crippen molar-refractivity contribution in [2.45, 2.75) is 19.3 Å². The Morgan fingerprint density at radius 3 is 2.75 bits per heavy atom. The van der Waals surface area contributed by atoms with Gasteiger partial charge in [-0.05, 0) is 30.2 Å². The van der Waals surface area contributed by atoms with Crippen LogP contribution in [0.2, 0.25) is 5.02 Å². The van der Waals surface area contributed by atoms with Crippen LogP contribution in [0.25, 0.3) is 11.1 Å². The molecule has 0 atom stereocenters. The third kappa shape index (κ3) is 4.58. The lowest BCUT2D eigenvalue weighted by molar-refractivity contribution is -0.136. The van der Waals surface area contributed by atoms with Crippen LogP contribution in [-0.2, 0) is 9.53 Å². The van der Waals surface area contributed by atoms with Crippen LogP contribution in [0.1, 0.15) is 31.2 Å². The largest absolute Gasteiger partial charge is 0.506 e. The van der Waals surface area contributed by atoms with E-state index in [2.05, 4.69) is 9.72 Å². The van der Waals surface area contributed by atoms with Crippen LogP contribution in [-0.4, -0.2) is 21.8 Å². The first-order valence-electron chi connectivity index (χ1n) is 7.14. The molecule has 2 aromatic rings.